The van der Waals surface area contributed by atoms with Gasteiger partial charge in [0.2, 0.25) is 0 Å². The summed E-state index contributed by atoms with van der Waals surface area (Å²) in [5.74, 6) is 5.19. The third kappa shape index (κ3) is 4.14. The summed E-state index contributed by atoms with van der Waals surface area (Å²) in [6.07, 6.45) is 6.07. The van der Waals surface area contributed by atoms with Gasteiger partial charge in [-0.2, -0.15) is 0 Å². The monoisotopic (exact) mass is 364 g/mol. The van der Waals surface area contributed by atoms with Crippen LogP contribution in [0, 0.1) is 22.7 Å². The summed E-state index contributed by atoms with van der Waals surface area (Å²) in [7, 11) is 1.66. The molecule has 1 saturated carbocycles. The predicted octanol–water partition coefficient (Wildman–Crippen LogP) is 3.47. The molecule has 0 aromatic carbocycles. The van der Waals surface area contributed by atoms with E-state index >= 15 is 0 Å². The fourth-order valence-corrected chi connectivity index (χ4v) is 3.95. The Labute approximate surface area is 157 Å². The number of carbonyl (C=O) groups is 1. The largest absolute Gasteiger partial charge is 0.452 e. The molecule has 2 aliphatic rings. The first-order chi connectivity index (χ1) is 12.3. The minimum Gasteiger partial charge on any atom is -0.452 e. The van der Waals surface area contributed by atoms with Gasteiger partial charge in [-0.15, -0.1) is 6.58 Å². The molecule has 0 N–H and O–H groups in total. The van der Waals surface area contributed by atoms with E-state index in [1.54, 1.807) is 7.11 Å². The van der Waals surface area contributed by atoms with Crippen molar-refractivity contribution < 1.29 is 23.7 Å². The van der Waals surface area contributed by atoms with Gasteiger partial charge in [-0.3, -0.25) is 4.79 Å². The molecule has 0 amide bonds. The van der Waals surface area contributed by atoms with E-state index in [4.69, 9.17) is 18.9 Å². The second kappa shape index (κ2) is 8.56. The van der Waals surface area contributed by atoms with E-state index < -0.39 is 16.6 Å². The molecule has 0 bridgehead atoms. The molecule has 1 spiro atoms. The Morgan fingerprint density at radius 1 is 1.27 bits per heavy atom. The Kier molecular flexibility index (Phi) is 6.90. The average Bonchev–Trinajstić information content (AvgIpc) is 3.06. The SMILES string of the molecule is C=CC[C@]1([C@H](C#CCOC(=O)C(C)(C)C)OC)CCCCC12OCCO2. The van der Waals surface area contributed by atoms with Crippen LogP contribution in [0.15, 0.2) is 12.7 Å². The van der Waals surface area contributed by atoms with E-state index in [0.29, 0.717) is 19.6 Å². The van der Waals surface area contributed by atoms with Crippen molar-refractivity contribution in [2.75, 3.05) is 26.9 Å². The molecule has 1 heterocycles. The van der Waals surface area contributed by atoms with Crippen LogP contribution in [-0.2, 0) is 23.7 Å². The summed E-state index contributed by atoms with van der Waals surface area (Å²) in [6, 6.07) is 0. The van der Waals surface area contributed by atoms with Crippen molar-refractivity contribution in [3.63, 3.8) is 0 Å². The van der Waals surface area contributed by atoms with E-state index in [0.717, 1.165) is 25.7 Å². The van der Waals surface area contributed by atoms with Gasteiger partial charge in [-0.25, -0.2) is 0 Å². The van der Waals surface area contributed by atoms with Crippen LogP contribution in [0.1, 0.15) is 52.9 Å². The molecule has 0 radical (unpaired) electrons. The number of ether oxygens (including phenoxy) is 4. The molecule has 5 nitrogen and oxygen atoms in total. The molecule has 2 rings (SSSR count). The molecule has 1 aliphatic heterocycles. The highest BCUT2D eigenvalue weighted by Crippen LogP contribution is 2.54. The molecule has 0 aromatic heterocycles. The van der Waals surface area contributed by atoms with Gasteiger partial charge in [-0.1, -0.05) is 24.3 Å². The standard InChI is InChI=1S/C21H32O5/c1-6-11-20(12-7-8-13-21(20)25-15-16-26-21)17(23-5)10-9-14-24-18(22)19(2,3)4/h6,17H,1,7-8,11-16H2,2-5H3/t17-,20+/m0/s1. The number of esters is 1. The lowest BCUT2D eigenvalue weighted by Crippen LogP contribution is -2.57. The zero-order valence-corrected chi connectivity index (χ0v) is 16.6. The molecule has 0 aromatic rings. The van der Waals surface area contributed by atoms with Crippen LogP contribution in [0.5, 0.6) is 0 Å². The van der Waals surface area contributed by atoms with Crippen molar-refractivity contribution in [1.82, 2.24) is 0 Å². The molecular formula is C21H32O5. The summed E-state index contributed by atoms with van der Waals surface area (Å²) in [6.45, 7) is 10.6. The summed E-state index contributed by atoms with van der Waals surface area (Å²) >= 11 is 0. The number of methoxy groups -OCH3 is 1. The Morgan fingerprint density at radius 2 is 1.92 bits per heavy atom. The second-order valence-corrected chi connectivity index (χ2v) is 8.07. The summed E-state index contributed by atoms with van der Waals surface area (Å²) in [5.41, 5.74) is -0.940. The molecule has 146 valence electrons. The lowest BCUT2D eigenvalue weighted by molar-refractivity contribution is -0.277. The first-order valence-electron chi connectivity index (χ1n) is 9.38. The highest BCUT2D eigenvalue weighted by Gasteiger charge is 2.60. The molecular weight excluding hydrogens is 332 g/mol. The molecule has 0 unspecified atom stereocenters. The Balaban J connectivity index is 2.20. The van der Waals surface area contributed by atoms with Gasteiger partial charge in [-0.05, 0) is 40.0 Å². The van der Waals surface area contributed by atoms with Gasteiger partial charge < -0.3 is 18.9 Å². The highest BCUT2D eigenvalue weighted by molar-refractivity contribution is 5.75. The normalized spacial score (nSPS) is 26.0. The van der Waals surface area contributed by atoms with Crippen molar-refractivity contribution in [3.05, 3.63) is 12.7 Å². The Hall–Kier alpha value is -1.35. The van der Waals surface area contributed by atoms with E-state index in [1.165, 1.54) is 0 Å². The summed E-state index contributed by atoms with van der Waals surface area (Å²) < 4.78 is 23.3. The van der Waals surface area contributed by atoms with Gasteiger partial charge in [0.1, 0.15) is 6.10 Å². The van der Waals surface area contributed by atoms with Crippen LogP contribution in [-0.4, -0.2) is 44.8 Å². The predicted molar refractivity (Wildman–Crippen MR) is 99.3 cm³/mol. The third-order valence-electron chi connectivity index (χ3n) is 5.26. The maximum atomic E-state index is 11.9. The summed E-state index contributed by atoms with van der Waals surface area (Å²) in [4.78, 5) is 11.9. The van der Waals surface area contributed by atoms with E-state index in [9.17, 15) is 4.79 Å². The van der Waals surface area contributed by atoms with Gasteiger partial charge in [0.25, 0.3) is 0 Å². The zero-order valence-electron chi connectivity index (χ0n) is 16.6. The first kappa shape index (κ1) is 21.0. The molecule has 1 saturated heterocycles. The van der Waals surface area contributed by atoms with Gasteiger partial charge in [0, 0.05) is 13.5 Å². The third-order valence-corrected chi connectivity index (χ3v) is 5.26. The second-order valence-electron chi connectivity index (χ2n) is 8.07. The van der Waals surface area contributed by atoms with Crippen LogP contribution in [0.3, 0.4) is 0 Å². The number of rotatable bonds is 5. The van der Waals surface area contributed by atoms with E-state index in [-0.39, 0.29) is 18.7 Å². The number of allylic oxidation sites excluding steroid dienone is 1. The van der Waals surface area contributed by atoms with Gasteiger partial charge in [0.05, 0.1) is 24.0 Å². The van der Waals surface area contributed by atoms with Crippen LogP contribution < -0.4 is 0 Å². The lowest BCUT2D eigenvalue weighted by Gasteiger charge is -2.51. The Bertz CT molecular complexity index is 559. The number of carbonyl (C=O) groups excluding carboxylic acids is 1. The summed E-state index contributed by atoms with van der Waals surface area (Å²) in [5, 5.41) is 0. The average molecular weight is 364 g/mol. The Morgan fingerprint density at radius 3 is 2.50 bits per heavy atom. The van der Waals surface area contributed by atoms with Crippen LogP contribution in [0.2, 0.25) is 0 Å². The van der Waals surface area contributed by atoms with Crippen molar-refractivity contribution in [1.29, 1.82) is 0 Å². The highest BCUT2D eigenvalue weighted by atomic mass is 16.7. The maximum Gasteiger partial charge on any atom is 0.312 e. The van der Waals surface area contributed by atoms with Crippen LogP contribution >= 0.6 is 0 Å². The molecule has 1 aliphatic carbocycles. The zero-order chi connectivity index (χ0) is 19.3. The van der Waals surface area contributed by atoms with Gasteiger partial charge in [0.15, 0.2) is 12.4 Å². The molecule has 26 heavy (non-hydrogen) atoms. The fraction of sp³-hybridized carbons (Fsp3) is 0.762. The van der Waals surface area contributed by atoms with E-state index in [1.807, 2.05) is 26.8 Å². The maximum absolute atomic E-state index is 11.9. The van der Waals surface area contributed by atoms with Crippen molar-refractivity contribution in [2.45, 2.75) is 64.8 Å². The smallest absolute Gasteiger partial charge is 0.312 e. The van der Waals surface area contributed by atoms with Crippen LogP contribution in [0.4, 0.5) is 0 Å². The molecule has 5 heteroatoms. The molecule has 2 atom stereocenters. The first-order valence-corrected chi connectivity index (χ1v) is 9.38. The minimum atomic E-state index is -0.670. The van der Waals surface area contributed by atoms with Crippen molar-refractivity contribution >= 4 is 5.97 Å². The van der Waals surface area contributed by atoms with Crippen molar-refractivity contribution in [3.8, 4) is 11.8 Å². The fourth-order valence-electron chi connectivity index (χ4n) is 3.95. The quantitative estimate of drug-likeness (QED) is 0.425. The number of hydrogen-bond acceptors (Lipinski definition) is 5. The number of hydrogen-bond donors (Lipinski definition) is 0. The molecule has 2 fully saturated rings. The topological polar surface area (TPSA) is 54.0 Å². The van der Waals surface area contributed by atoms with E-state index in [2.05, 4.69) is 18.4 Å². The van der Waals surface area contributed by atoms with Crippen LogP contribution in [0.25, 0.3) is 0 Å². The van der Waals surface area contributed by atoms with Crippen molar-refractivity contribution in [2.24, 2.45) is 10.8 Å². The minimum absolute atomic E-state index is 0.0504. The lowest BCUT2D eigenvalue weighted by atomic mass is 9.63. The van der Waals surface area contributed by atoms with Gasteiger partial charge >= 0.3 is 5.97 Å².